The molecule has 68 valence electrons. The van der Waals surface area contributed by atoms with E-state index >= 15 is 0 Å². The lowest BCUT2D eigenvalue weighted by Crippen LogP contribution is -2.33. The van der Waals surface area contributed by atoms with Gasteiger partial charge in [0.05, 0.1) is 13.0 Å². The third-order valence-electron chi connectivity index (χ3n) is 3.40. The molecule has 2 N–H and O–H groups in total. The van der Waals surface area contributed by atoms with E-state index in [1.54, 1.807) is 0 Å². The van der Waals surface area contributed by atoms with Gasteiger partial charge in [0.1, 0.15) is 0 Å². The third-order valence-corrected chi connectivity index (χ3v) is 3.40. The van der Waals surface area contributed by atoms with Crippen molar-refractivity contribution in [3.05, 3.63) is 0 Å². The minimum atomic E-state index is -0.0227. The molecule has 2 saturated carbocycles. The first kappa shape index (κ1) is 8.05. The number of carbonyl (C=O) groups is 1. The lowest BCUT2D eigenvalue weighted by molar-refractivity contribution is -0.144. The van der Waals surface area contributed by atoms with Crippen molar-refractivity contribution >= 4 is 5.97 Å². The van der Waals surface area contributed by atoms with Gasteiger partial charge in [-0.1, -0.05) is 0 Å². The minimum absolute atomic E-state index is 0.0227. The number of ether oxygens (including phenoxy) is 1. The fourth-order valence-electron chi connectivity index (χ4n) is 2.53. The fraction of sp³-hybridized carbons (Fsp3) is 0.889. The van der Waals surface area contributed by atoms with Gasteiger partial charge in [0.2, 0.25) is 0 Å². The van der Waals surface area contributed by atoms with Gasteiger partial charge in [-0.3, -0.25) is 4.79 Å². The quantitative estimate of drug-likeness (QED) is 0.614. The molecule has 0 aromatic heterocycles. The van der Waals surface area contributed by atoms with E-state index in [9.17, 15) is 4.79 Å². The monoisotopic (exact) mass is 169 g/mol. The highest BCUT2D eigenvalue weighted by molar-refractivity contribution is 5.77. The SMILES string of the molecule is COC(=O)C1CC12CC(CN)C2. The van der Waals surface area contributed by atoms with Crippen LogP contribution in [0.1, 0.15) is 19.3 Å². The lowest BCUT2D eigenvalue weighted by atomic mass is 9.70. The molecule has 0 radical (unpaired) electrons. The normalized spacial score (nSPS) is 43.8. The molecular weight excluding hydrogens is 154 g/mol. The highest BCUT2D eigenvalue weighted by Gasteiger charge is 2.64. The fourth-order valence-corrected chi connectivity index (χ4v) is 2.53. The molecule has 0 aliphatic heterocycles. The van der Waals surface area contributed by atoms with Crippen LogP contribution in [-0.2, 0) is 9.53 Å². The second kappa shape index (κ2) is 2.46. The van der Waals surface area contributed by atoms with E-state index in [1.165, 1.54) is 7.11 Å². The summed E-state index contributed by atoms with van der Waals surface area (Å²) in [6.07, 6.45) is 3.32. The molecule has 2 aliphatic rings. The van der Waals surface area contributed by atoms with Crippen molar-refractivity contribution in [1.82, 2.24) is 0 Å². The largest absolute Gasteiger partial charge is 0.469 e. The van der Waals surface area contributed by atoms with E-state index < -0.39 is 0 Å². The van der Waals surface area contributed by atoms with E-state index in [2.05, 4.69) is 0 Å². The van der Waals surface area contributed by atoms with E-state index in [0.29, 0.717) is 11.3 Å². The van der Waals surface area contributed by atoms with E-state index in [-0.39, 0.29) is 11.9 Å². The van der Waals surface area contributed by atoms with Gasteiger partial charge in [0.15, 0.2) is 0 Å². The smallest absolute Gasteiger partial charge is 0.309 e. The van der Waals surface area contributed by atoms with Crippen molar-refractivity contribution in [1.29, 1.82) is 0 Å². The van der Waals surface area contributed by atoms with Gasteiger partial charge in [-0.05, 0) is 37.1 Å². The van der Waals surface area contributed by atoms with Gasteiger partial charge in [0, 0.05) is 0 Å². The number of hydrogen-bond donors (Lipinski definition) is 1. The number of methoxy groups -OCH3 is 1. The van der Waals surface area contributed by atoms with Crippen LogP contribution in [0.4, 0.5) is 0 Å². The Bertz CT molecular complexity index is 209. The second-order valence-electron chi connectivity index (χ2n) is 4.15. The number of rotatable bonds is 2. The van der Waals surface area contributed by atoms with Gasteiger partial charge in [-0.15, -0.1) is 0 Å². The molecule has 3 nitrogen and oxygen atoms in total. The van der Waals surface area contributed by atoms with E-state index in [0.717, 1.165) is 25.8 Å². The Balaban J connectivity index is 1.85. The summed E-state index contributed by atoms with van der Waals surface area (Å²) in [5.41, 5.74) is 5.85. The number of hydrogen-bond acceptors (Lipinski definition) is 3. The van der Waals surface area contributed by atoms with Crippen LogP contribution >= 0.6 is 0 Å². The molecule has 2 aliphatic carbocycles. The molecule has 2 rings (SSSR count). The predicted octanol–water partition coefficient (Wildman–Crippen LogP) is 0.534. The van der Waals surface area contributed by atoms with E-state index in [4.69, 9.17) is 10.5 Å². The lowest BCUT2D eigenvalue weighted by Gasteiger charge is -2.35. The summed E-state index contributed by atoms with van der Waals surface area (Å²) in [7, 11) is 1.47. The van der Waals surface area contributed by atoms with Crippen LogP contribution < -0.4 is 5.73 Å². The molecule has 1 spiro atoms. The summed E-state index contributed by atoms with van der Waals surface area (Å²) in [6.45, 7) is 0.773. The number of esters is 1. The summed E-state index contributed by atoms with van der Waals surface area (Å²) < 4.78 is 4.70. The summed E-state index contributed by atoms with van der Waals surface area (Å²) in [5, 5.41) is 0. The first-order valence-corrected chi connectivity index (χ1v) is 4.50. The maximum atomic E-state index is 11.1. The van der Waals surface area contributed by atoms with Crippen LogP contribution in [0.3, 0.4) is 0 Å². The summed E-state index contributed by atoms with van der Waals surface area (Å²) in [6, 6.07) is 0. The zero-order chi connectivity index (χ0) is 8.77. The third kappa shape index (κ3) is 0.959. The van der Waals surface area contributed by atoms with E-state index in [1.807, 2.05) is 0 Å². The molecule has 0 amide bonds. The molecule has 0 bridgehead atoms. The van der Waals surface area contributed by atoms with Crippen LogP contribution in [0, 0.1) is 17.3 Å². The van der Waals surface area contributed by atoms with Crippen molar-refractivity contribution in [2.24, 2.45) is 23.0 Å². The van der Waals surface area contributed by atoms with Crippen molar-refractivity contribution < 1.29 is 9.53 Å². The Kier molecular flexibility index (Phi) is 1.65. The Morgan fingerprint density at radius 3 is 2.75 bits per heavy atom. The summed E-state index contributed by atoms with van der Waals surface area (Å²) in [5.74, 6) is 0.843. The van der Waals surface area contributed by atoms with Crippen LogP contribution in [0.25, 0.3) is 0 Å². The minimum Gasteiger partial charge on any atom is -0.469 e. The topological polar surface area (TPSA) is 52.3 Å². The van der Waals surface area contributed by atoms with Crippen LogP contribution in [0.5, 0.6) is 0 Å². The first-order valence-electron chi connectivity index (χ1n) is 4.50. The molecule has 1 unspecified atom stereocenters. The maximum absolute atomic E-state index is 11.1. The second-order valence-corrected chi connectivity index (χ2v) is 4.15. The molecule has 1 atom stereocenters. The van der Waals surface area contributed by atoms with Crippen molar-refractivity contribution in [3.63, 3.8) is 0 Å². The van der Waals surface area contributed by atoms with Crippen LogP contribution in [0.2, 0.25) is 0 Å². The van der Waals surface area contributed by atoms with Gasteiger partial charge in [-0.2, -0.15) is 0 Å². The van der Waals surface area contributed by atoms with Gasteiger partial charge in [0.25, 0.3) is 0 Å². The average molecular weight is 169 g/mol. The van der Waals surface area contributed by atoms with Crippen LogP contribution in [-0.4, -0.2) is 19.6 Å². The van der Waals surface area contributed by atoms with Crippen LogP contribution in [0.15, 0.2) is 0 Å². The summed E-state index contributed by atoms with van der Waals surface area (Å²) >= 11 is 0. The molecular formula is C9H15NO2. The zero-order valence-corrected chi connectivity index (χ0v) is 7.38. The van der Waals surface area contributed by atoms with Crippen molar-refractivity contribution in [2.45, 2.75) is 19.3 Å². The van der Waals surface area contributed by atoms with Gasteiger partial charge >= 0.3 is 5.97 Å². The predicted molar refractivity (Wildman–Crippen MR) is 44.3 cm³/mol. The van der Waals surface area contributed by atoms with Gasteiger partial charge in [-0.25, -0.2) is 0 Å². The van der Waals surface area contributed by atoms with Gasteiger partial charge < -0.3 is 10.5 Å². The van der Waals surface area contributed by atoms with Crippen molar-refractivity contribution in [2.75, 3.05) is 13.7 Å². The summed E-state index contributed by atoms with van der Waals surface area (Å²) in [4.78, 5) is 11.1. The molecule has 12 heavy (non-hydrogen) atoms. The standard InChI is InChI=1S/C9H15NO2/c1-12-8(11)7-4-9(7)2-6(3-9)5-10/h6-7H,2-5,10H2,1H3. The highest BCUT2D eigenvalue weighted by Crippen LogP contribution is 2.67. The number of nitrogens with two attached hydrogens (primary N) is 1. The molecule has 0 saturated heterocycles. The number of carbonyl (C=O) groups excluding carboxylic acids is 1. The first-order chi connectivity index (χ1) is 5.72. The Hall–Kier alpha value is -0.570. The average Bonchev–Trinajstić information content (AvgIpc) is 2.75. The molecule has 0 aromatic rings. The van der Waals surface area contributed by atoms with Crippen molar-refractivity contribution in [3.8, 4) is 0 Å². The molecule has 0 aromatic carbocycles. The maximum Gasteiger partial charge on any atom is 0.309 e. The zero-order valence-electron chi connectivity index (χ0n) is 7.38. The Morgan fingerprint density at radius 1 is 1.58 bits per heavy atom. The Labute approximate surface area is 72.3 Å². The molecule has 3 heteroatoms. The highest BCUT2D eigenvalue weighted by atomic mass is 16.5. The Morgan fingerprint density at radius 2 is 2.25 bits per heavy atom. The molecule has 0 heterocycles. The molecule has 2 fully saturated rings.